The number of benzene rings is 1. The Kier molecular flexibility index (Phi) is 4.53. The van der Waals surface area contributed by atoms with E-state index in [2.05, 4.69) is 26.8 Å². The van der Waals surface area contributed by atoms with Crippen LogP contribution in [0.5, 0.6) is 0 Å². The minimum absolute atomic E-state index is 0.140. The summed E-state index contributed by atoms with van der Waals surface area (Å²) in [5, 5.41) is 9.83. The van der Waals surface area contributed by atoms with Gasteiger partial charge in [0.2, 0.25) is 5.13 Å². The normalized spacial score (nSPS) is 11.7. The quantitative estimate of drug-likeness (QED) is 0.739. The lowest BCUT2D eigenvalue weighted by atomic mass is 10.2. The minimum Gasteiger partial charge on any atom is -0.255 e. The number of sulfonamides is 1. The van der Waals surface area contributed by atoms with E-state index in [0.717, 1.165) is 29.7 Å². The first kappa shape index (κ1) is 15.8. The molecule has 0 saturated carbocycles. The average molecular weight is 348 g/mol. The molecule has 2 aromatic heterocycles. The second-order valence-corrected chi connectivity index (χ2v) is 7.75. The van der Waals surface area contributed by atoms with Crippen LogP contribution in [0.15, 0.2) is 41.4 Å². The smallest absolute Gasteiger partial charge is 0.255 e. The molecule has 2 heterocycles. The number of rotatable bonds is 6. The zero-order valence-corrected chi connectivity index (χ0v) is 14.2. The van der Waals surface area contributed by atoms with Crippen LogP contribution in [0, 0.1) is 0 Å². The number of fused-ring (bicyclic) bond motifs is 1. The zero-order valence-electron chi connectivity index (χ0n) is 12.6. The van der Waals surface area contributed by atoms with Crippen molar-refractivity contribution in [3.8, 4) is 0 Å². The second-order valence-electron chi connectivity index (χ2n) is 5.04. The number of nitrogens with zero attached hydrogens (tertiary/aromatic N) is 3. The van der Waals surface area contributed by atoms with Gasteiger partial charge in [0, 0.05) is 18.0 Å². The summed E-state index contributed by atoms with van der Waals surface area (Å²) in [6.07, 6.45) is 4.46. The molecule has 0 unspecified atom stereocenters. The Bertz CT molecular complexity index is 917. The maximum atomic E-state index is 12.6. The van der Waals surface area contributed by atoms with Gasteiger partial charge in [-0.2, -0.15) is 0 Å². The van der Waals surface area contributed by atoms with Gasteiger partial charge < -0.3 is 0 Å². The van der Waals surface area contributed by atoms with Crippen LogP contribution >= 0.6 is 11.3 Å². The lowest BCUT2D eigenvalue weighted by molar-refractivity contribution is 0.602. The summed E-state index contributed by atoms with van der Waals surface area (Å²) in [6, 6.07) is 8.67. The first-order valence-electron chi connectivity index (χ1n) is 7.29. The molecule has 23 heavy (non-hydrogen) atoms. The SMILES string of the molecule is CCCCc1nnc(NS(=O)(=O)c2cccc3cccnc23)s1. The molecule has 0 amide bonds. The molecular weight excluding hydrogens is 332 g/mol. The second kappa shape index (κ2) is 6.59. The van der Waals surface area contributed by atoms with Crippen LogP contribution in [0.3, 0.4) is 0 Å². The number of pyridine rings is 1. The highest BCUT2D eigenvalue weighted by atomic mass is 32.2. The molecule has 1 aromatic carbocycles. The maximum Gasteiger partial charge on any atom is 0.265 e. The molecule has 3 aromatic rings. The van der Waals surface area contributed by atoms with Crippen molar-refractivity contribution in [2.45, 2.75) is 31.1 Å². The third-order valence-corrected chi connectivity index (χ3v) is 5.72. The minimum atomic E-state index is -3.75. The summed E-state index contributed by atoms with van der Waals surface area (Å²) in [5.41, 5.74) is 0.443. The molecular formula is C15H16N4O2S2. The van der Waals surface area contributed by atoms with Gasteiger partial charge in [-0.05, 0) is 18.6 Å². The van der Waals surface area contributed by atoms with E-state index in [9.17, 15) is 8.42 Å². The molecule has 0 fully saturated rings. The Morgan fingerprint density at radius 3 is 2.83 bits per heavy atom. The first-order valence-corrected chi connectivity index (χ1v) is 9.59. The topological polar surface area (TPSA) is 84.8 Å². The zero-order chi connectivity index (χ0) is 16.3. The Morgan fingerprint density at radius 2 is 2.00 bits per heavy atom. The number of hydrogen-bond acceptors (Lipinski definition) is 6. The van der Waals surface area contributed by atoms with Crippen LogP contribution < -0.4 is 4.72 Å². The van der Waals surface area contributed by atoms with Crippen LogP contribution in [0.2, 0.25) is 0 Å². The van der Waals surface area contributed by atoms with Crippen LogP contribution in [0.25, 0.3) is 10.9 Å². The average Bonchev–Trinajstić information content (AvgIpc) is 2.99. The maximum absolute atomic E-state index is 12.6. The largest absolute Gasteiger partial charge is 0.265 e. The third-order valence-electron chi connectivity index (χ3n) is 3.32. The summed E-state index contributed by atoms with van der Waals surface area (Å²) in [6.45, 7) is 2.10. The molecule has 3 rings (SSSR count). The van der Waals surface area contributed by atoms with Crippen molar-refractivity contribution in [1.82, 2.24) is 15.2 Å². The van der Waals surface area contributed by atoms with Crippen LogP contribution in [-0.4, -0.2) is 23.6 Å². The van der Waals surface area contributed by atoms with Gasteiger partial charge in [-0.3, -0.25) is 9.71 Å². The number of para-hydroxylation sites is 1. The van der Waals surface area contributed by atoms with E-state index in [4.69, 9.17) is 0 Å². The van der Waals surface area contributed by atoms with Crippen molar-refractivity contribution in [2.75, 3.05) is 4.72 Å². The van der Waals surface area contributed by atoms with E-state index < -0.39 is 10.0 Å². The van der Waals surface area contributed by atoms with E-state index in [1.807, 2.05) is 12.1 Å². The van der Waals surface area contributed by atoms with E-state index in [0.29, 0.717) is 5.52 Å². The summed E-state index contributed by atoms with van der Waals surface area (Å²) in [5.74, 6) is 0. The van der Waals surface area contributed by atoms with Gasteiger partial charge in [-0.25, -0.2) is 8.42 Å². The molecule has 0 atom stereocenters. The third kappa shape index (κ3) is 3.48. The van der Waals surface area contributed by atoms with Crippen molar-refractivity contribution in [1.29, 1.82) is 0 Å². The molecule has 0 saturated heterocycles. The fourth-order valence-corrected chi connectivity index (χ4v) is 4.38. The summed E-state index contributed by atoms with van der Waals surface area (Å²) < 4.78 is 27.8. The lowest BCUT2D eigenvalue weighted by Crippen LogP contribution is -2.13. The predicted octanol–water partition coefficient (Wildman–Crippen LogP) is 3.23. The van der Waals surface area contributed by atoms with Gasteiger partial charge in [0.05, 0.1) is 5.52 Å². The number of nitrogens with one attached hydrogen (secondary N) is 1. The molecule has 1 N–H and O–H groups in total. The van der Waals surface area contributed by atoms with Crippen molar-refractivity contribution >= 4 is 37.4 Å². The molecule has 0 spiro atoms. The molecule has 0 aliphatic heterocycles. The van der Waals surface area contributed by atoms with Gasteiger partial charge in [-0.15, -0.1) is 10.2 Å². The predicted molar refractivity (Wildman–Crippen MR) is 91.1 cm³/mol. The monoisotopic (exact) mass is 348 g/mol. The van der Waals surface area contributed by atoms with Gasteiger partial charge in [0.1, 0.15) is 9.90 Å². The van der Waals surface area contributed by atoms with E-state index in [1.54, 1.807) is 18.3 Å². The number of aryl methyl sites for hydroxylation is 1. The van der Waals surface area contributed by atoms with Crippen LogP contribution in [0.4, 0.5) is 5.13 Å². The van der Waals surface area contributed by atoms with E-state index in [1.165, 1.54) is 17.4 Å². The van der Waals surface area contributed by atoms with Crippen molar-refractivity contribution in [3.63, 3.8) is 0 Å². The first-order chi connectivity index (χ1) is 11.1. The van der Waals surface area contributed by atoms with Crippen molar-refractivity contribution < 1.29 is 8.42 Å². The van der Waals surface area contributed by atoms with Crippen molar-refractivity contribution in [2.24, 2.45) is 0 Å². The highest BCUT2D eigenvalue weighted by Crippen LogP contribution is 2.25. The molecule has 0 radical (unpaired) electrons. The summed E-state index contributed by atoms with van der Waals surface area (Å²) >= 11 is 1.27. The molecule has 0 aliphatic rings. The fraction of sp³-hybridized carbons (Fsp3) is 0.267. The standard InChI is InChI=1S/C15H16N4O2S2/c1-2-3-9-13-17-18-15(22-13)19-23(20,21)12-8-4-6-11-7-5-10-16-14(11)12/h4-8,10H,2-3,9H2,1H3,(H,18,19). The van der Waals surface area contributed by atoms with E-state index in [-0.39, 0.29) is 10.0 Å². The molecule has 120 valence electrons. The number of anilines is 1. The molecule has 6 nitrogen and oxygen atoms in total. The summed E-state index contributed by atoms with van der Waals surface area (Å²) in [7, 11) is -3.75. The lowest BCUT2D eigenvalue weighted by Gasteiger charge is -2.07. The molecule has 0 bridgehead atoms. The Morgan fingerprint density at radius 1 is 1.17 bits per heavy atom. The molecule has 8 heteroatoms. The fourth-order valence-electron chi connectivity index (χ4n) is 2.19. The number of unbranched alkanes of at least 4 members (excludes halogenated alkanes) is 1. The highest BCUT2D eigenvalue weighted by Gasteiger charge is 2.20. The highest BCUT2D eigenvalue weighted by molar-refractivity contribution is 7.93. The van der Waals surface area contributed by atoms with Gasteiger partial charge in [0.15, 0.2) is 0 Å². The van der Waals surface area contributed by atoms with Gasteiger partial charge >= 0.3 is 0 Å². The number of hydrogen-bond donors (Lipinski definition) is 1. The Balaban J connectivity index is 1.90. The Hall–Kier alpha value is -2.06. The Labute approximate surface area is 138 Å². The van der Waals surface area contributed by atoms with Gasteiger partial charge in [0.25, 0.3) is 10.0 Å². The van der Waals surface area contributed by atoms with Crippen LogP contribution in [-0.2, 0) is 16.4 Å². The van der Waals surface area contributed by atoms with E-state index >= 15 is 0 Å². The number of aromatic nitrogens is 3. The van der Waals surface area contributed by atoms with Crippen LogP contribution in [0.1, 0.15) is 24.8 Å². The summed E-state index contributed by atoms with van der Waals surface area (Å²) in [4.78, 5) is 4.32. The van der Waals surface area contributed by atoms with Gasteiger partial charge in [-0.1, -0.05) is 42.9 Å². The van der Waals surface area contributed by atoms with Crippen molar-refractivity contribution in [3.05, 3.63) is 41.5 Å². The molecule has 0 aliphatic carbocycles.